The third-order valence-electron chi connectivity index (χ3n) is 3.64. The fraction of sp³-hybridized carbons (Fsp3) is 0.263. The van der Waals surface area contributed by atoms with E-state index in [1.54, 1.807) is 24.3 Å². The van der Waals surface area contributed by atoms with E-state index in [-0.39, 0.29) is 10.5 Å². The molecule has 0 spiro atoms. The first-order chi connectivity index (χ1) is 13.3. The number of carbonyl (C=O) groups excluding carboxylic acids is 2. The molecule has 1 amide bonds. The van der Waals surface area contributed by atoms with E-state index in [9.17, 15) is 18.0 Å². The minimum absolute atomic E-state index is 0.0328. The lowest BCUT2D eigenvalue weighted by Gasteiger charge is -2.13. The Hall–Kier alpha value is -2.91. The van der Waals surface area contributed by atoms with Gasteiger partial charge in [0.2, 0.25) is 10.0 Å². The Bertz CT molecular complexity index is 956. The van der Waals surface area contributed by atoms with Crippen LogP contribution in [0.5, 0.6) is 5.75 Å². The van der Waals surface area contributed by atoms with E-state index in [2.05, 4.69) is 5.32 Å². The maximum atomic E-state index is 12.2. The Morgan fingerprint density at radius 3 is 2.46 bits per heavy atom. The summed E-state index contributed by atoms with van der Waals surface area (Å²) in [6, 6.07) is 12.3. The summed E-state index contributed by atoms with van der Waals surface area (Å²) in [7, 11) is -0.896. The van der Waals surface area contributed by atoms with Gasteiger partial charge in [-0.3, -0.25) is 4.79 Å². The molecule has 0 aliphatic carbocycles. The van der Waals surface area contributed by atoms with Gasteiger partial charge in [-0.15, -0.1) is 0 Å². The van der Waals surface area contributed by atoms with Crippen molar-refractivity contribution in [2.45, 2.75) is 11.8 Å². The van der Waals surface area contributed by atoms with Crippen molar-refractivity contribution >= 4 is 27.6 Å². The summed E-state index contributed by atoms with van der Waals surface area (Å²) < 4.78 is 35.8. The third-order valence-corrected chi connectivity index (χ3v) is 5.45. The number of ether oxygens (including phenoxy) is 2. The lowest BCUT2D eigenvalue weighted by molar-refractivity contribution is -0.119. The van der Waals surface area contributed by atoms with E-state index in [4.69, 9.17) is 9.47 Å². The second kappa shape index (κ2) is 9.34. The van der Waals surface area contributed by atoms with Crippen molar-refractivity contribution in [2.75, 3.05) is 32.6 Å². The smallest absolute Gasteiger partial charge is 0.338 e. The number of nitrogens with zero attached hydrogens (tertiary/aromatic N) is 1. The SMILES string of the molecule is CCOc1ccccc1NC(=O)COC(=O)c1cccc(S(=O)(=O)N(C)C)c1. The van der Waals surface area contributed by atoms with E-state index in [0.717, 1.165) is 4.31 Å². The maximum Gasteiger partial charge on any atom is 0.338 e. The van der Waals surface area contributed by atoms with Crippen LogP contribution < -0.4 is 10.1 Å². The highest BCUT2D eigenvalue weighted by molar-refractivity contribution is 7.89. The Labute approximate surface area is 164 Å². The molecule has 0 unspecified atom stereocenters. The molecule has 0 atom stereocenters. The lowest BCUT2D eigenvalue weighted by atomic mass is 10.2. The summed E-state index contributed by atoms with van der Waals surface area (Å²) >= 11 is 0. The zero-order valence-electron chi connectivity index (χ0n) is 15.8. The Balaban J connectivity index is 2.02. The van der Waals surface area contributed by atoms with Crippen LogP contribution in [0.4, 0.5) is 5.69 Å². The molecule has 8 nitrogen and oxygen atoms in total. The van der Waals surface area contributed by atoms with E-state index in [1.165, 1.54) is 38.4 Å². The van der Waals surface area contributed by atoms with Crippen molar-refractivity contribution in [1.29, 1.82) is 0 Å². The molecular formula is C19H22N2O6S. The number of amides is 1. The van der Waals surface area contributed by atoms with Crippen LogP contribution >= 0.6 is 0 Å². The van der Waals surface area contributed by atoms with Gasteiger partial charge in [-0.1, -0.05) is 18.2 Å². The predicted molar refractivity (Wildman–Crippen MR) is 104 cm³/mol. The molecule has 2 aromatic carbocycles. The standard InChI is InChI=1S/C19H22N2O6S/c1-4-26-17-11-6-5-10-16(17)20-18(22)13-27-19(23)14-8-7-9-15(12-14)28(24,25)21(2)3/h5-12H,4,13H2,1-3H3,(H,20,22). The van der Waals surface area contributed by atoms with Gasteiger partial charge in [0.25, 0.3) is 5.91 Å². The van der Waals surface area contributed by atoms with Crippen molar-refractivity contribution in [3.05, 3.63) is 54.1 Å². The number of esters is 1. The molecule has 0 saturated heterocycles. The van der Waals surface area contributed by atoms with Crippen molar-refractivity contribution in [3.8, 4) is 5.75 Å². The number of para-hydroxylation sites is 2. The zero-order chi connectivity index (χ0) is 20.7. The molecule has 28 heavy (non-hydrogen) atoms. The number of rotatable bonds is 8. The Morgan fingerprint density at radius 2 is 1.79 bits per heavy atom. The highest BCUT2D eigenvalue weighted by Gasteiger charge is 2.19. The molecule has 0 fully saturated rings. The minimum atomic E-state index is -3.68. The van der Waals surface area contributed by atoms with Gasteiger partial charge in [-0.05, 0) is 37.3 Å². The maximum absolute atomic E-state index is 12.2. The van der Waals surface area contributed by atoms with Crippen LogP contribution in [-0.2, 0) is 19.6 Å². The molecule has 0 bridgehead atoms. The molecule has 1 N–H and O–H groups in total. The number of carbonyl (C=O) groups is 2. The van der Waals surface area contributed by atoms with Crippen LogP contribution in [0.1, 0.15) is 17.3 Å². The summed E-state index contributed by atoms with van der Waals surface area (Å²) in [4.78, 5) is 24.2. The van der Waals surface area contributed by atoms with Crippen molar-refractivity contribution in [1.82, 2.24) is 4.31 Å². The first kappa shape index (κ1) is 21.4. The normalized spacial score (nSPS) is 11.1. The van der Waals surface area contributed by atoms with Crippen LogP contribution in [0.3, 0.4) is 0 Å². The number of benzene rings is 2. The second-order valence-electron chi connectivity index (χ2n) is 5.87. The van der Waals surface area contributed by atoms with Crippen LogP contribution in [0.15, 0.2) is 53.4 Å². The van der Waals surface area contributed by atoms with Gasteiger partial charge in [0.05, 0.1) is 22.8 Å². The van der Waals surface area contributed by atoms with Gasteiger partial charge < -0.3 is 14.8 Å². The Kier molecular flexibility index (Phi) is 7.13. The molecule has 0 saturated carbocycles. The van der Waals surface area contributed by atoms with Crippen LogP contribution in [0.2, 0.25) is 0 Å². The molecule has 9 heteroatoms. The van der Waals surface area contributed by atoms with Crippen LogP contribution in [0, 0.1) is 0 Å². The molecule has 0 aliphatic rings. The number of hydrogen-bond donors (Lipinski definition) is 1. The summed E-state index contributed by atoms with van der Waals surface area (Å²) in [5, 5.41) is 2.61. The first-order valence-corrected chi connectivity index (χ1v) is 9.91. The van der Waals surface area contributed by atoms with E-state index >= 15 is 0 Å². The molecule has 0 heterocycles. The van der Waals surface area contributed by atoms with Crippen LogP contribution in [0.25, 0.3) is 0 Å². The van der Waals surface area contributed by atoms with E-state index in [1.807, 2.05) is 6.92 Å². The van der Waals surface area contributed by atoms with Crippen LogP contribution in [-0.4, -0.2) is 51.9 Å². The summed E-state index contributed by atoms with van der Waals surface area (Å²) in [6.07, 6.45) is 0. The average Bonchev–Trinajstić information content (AvgIpc) is 2.67. The average molecular weight is 406 g/mol. The highest BCUT2D eigenvalue weighted by Crippen LogP contribution is 2.23. The molecular weight excluding hydrogens is 384 g/mol. The minimum Gasteiger partial charge on any atom is -0.492 e. The topological polar surface area (TPSA) is 102 Å². The highest BCUT2D eigenvalue weighted by atomic mass is 32.2. The molecule has 150 valence electrons. The molecule has 0 aliphatic heterocycles. The summed E-state index contributed by atoms with van der Waals surface area (Å²) in [6.45, 7) is 1.74. The van der Waals surface area contributed by atoms with E-state index in [0.29, 0.717) is 18.0 Å². The van der Waals surface area contributed by atoms with Gasteiger partial charge >= 0.3 is 5.97 Å². The zero-order valence-corrected chi connectivity index (χ0v) is 16.7. The fourth-order valence-electron chi connectivity index (χ4n) is 2.25. The Morgan fingerprint density at radius 1 is 1.07 bits per heavy atom. The predicted octanol–water partition coefficient (Wildman–Crippen LogP) is 2.13. The number of hydrogen-bond acceptors (Lipinski definition) is 6. The van der Waals surface area contributed by atoms with Gasteiger partial charge in [0.15, 0.2) is 6.61 Å². The molecule has 2 rings (SSSR count). The van der Waals surface area contributed by atoms with Crippen molar-refractivity contribution in [3.63, 3.8) is 0 Å². The lowest BCUT2D eigenvalue weighted by Crippen LogP contribution is -2.23. The van der Waals surface area contributed by atoms with Gasteiger partial charge in [0.1, 0.15) is 5.75 Å². The van der Waals surface area contributed by atoms with Gasteiger partial charge in [-0.25, -0.2) is 17.5 Å². The molecule has 0 aromatic heterocycles. The molecule has 2 aromatic rings. The number of anilines is 1. The summed E-state index contributed by atoms with van der Waals surface area (Å²) in [5.41, 5.74) is 0.495. The monoisotopic (exact) mass is 406 g/mol. The molecule has 0 radical (unpaired) electrons. The van der Waals surface area contributed by atoms with Crippen molar-refractivity contribution < 1.29 is 27.5 Å². The first-order valence-electron chi connectivity index (χ1n) is 8.47. The van der Waals surface area contributed by atoms with E-state index < -0.39 is 28.5 Å². The summed E-state index contributed by atoms with van der Waals surface area (Å²) in [5.74, 6) is -0.840. The van der Waals surface area contributed by atoms with Gasteiger partial charge in [-0.2, -0.15) is 0 Å². The number of sulfonamides is 1. The van der Waals surface area contributed by atoms with Crippen molar-refractivity contribution in [2.24, 2.45) is 0 Å². The third kappa shape index (κ3) is 5.30. The quantitative estimate of drug-likeness (QED) is 0.674. The van der Waals surface area contributed by atoms with Gasteiger partial charge in [0, 0.05) is 14.1 Å². The largest absolute Gasteiger partial charge is 0.492 e. The second-order valence-corrected chi connectivity index (χ2v) is 8.02. The number of nitrogens with one attached hydrogen (secondary N) is 1. The fourth-order valence-corrected chi connectivity index (χ4v) is 3.19.